The van der Waals surface area contributed by atoms with Crippen molar-refractivity contribution in [3.05, 3.63) is 112 Å². The first-order valence-corrected chi connectivity index (χ1v) is 16.4. The molecule has 260 valence electrons. The quantitative estimate of drug-likeness (QED) is 0.189. The van der Waals surface area contributed by atoms with E-state index in [1.165, 1.54) is 4.68 Å². The fraction of sp³-hybridized carbons (Fsp3) is 0.343. The maximum Gasteiger partial charge on any atom is 0.351 e. The van der Waals surface area contributed by atoms with Gasteiger partial charge < -0.3 is 24.0 Å². The Balaban J connectivity index is 0.945. The van der Waals surface area contributed by atoms with Crippen molar-refractivity contribution in [3.63, 3.8) is 0 Å². The van der Waals surface area contributed by atoms with Crippen LogP contribution in [0.4, 0.5) is 11.4 Å². The third-order valence-electron chi connectivity index (χ3n) is 8.59. The SMILES string of the molecule is [2H]c1nc([2H])n(C[C@]2(c3ccc(Cl)cc3Cl)OC[C@H](COc3ccc(N4CCN(c5ccc(-n6c([2H])nn(C([2H])(C)C(=O)C([2H])([2H])[2H])c6=O)cc5)CC4)cc3)O2)n1. The molecule has 0 N–H and O–H groups in total. The molecule has 2 aliphatic rings. The van der Waals surface area contributed by atoms with Crippen molar-refractivity contribution in [1.29, 1.82) is 0 Å². The number of piperazine rings is 1. The van der Waals surface area contributed by atoms with Gasteiger partial charge >= 0.3 is 5.69 Å². The summed E-state index contributed by atoms with van der Waals surface area (Å²) in [4.78, 5) is 33.7. The zero-order chi connectivity index (χ0) is 40.9. The maximum atomic E-state index is 13.1. The van der Waals surface area contributed by atoms with Crippen molar-refractivity contribution < 1.29 is 28.6 Å². The van der Waals surface area contributed by atoms with Gasteiger partial charge in [0.2, 0.25) is 5.79 Å². The number of ether oxygens (including phenoxy) is 3. The van der Waals surface area contributed by atoms with Crippen molar-refractivity contribution in [3.8, 4) is 11.4 Å². The smallest absolute Gasteiger partial charge is 0.351 e. The van der Waals surface area contributed by atoms with Crippen LogP contribution in [0.3, 0.4) is 0 Å². The summed E-state index contributed by atoms with van der Waals surface area (Å²) in [6, 6.07) is 17.0. The molecule has 1 unspecified atom stereocenters. The number of anilines is 2. The summed E-state index contributed by atoms with van der Waals surface area (Å²) in [7, 11) is 0. The molecule has 3 aromatic carbocycles. The maximum absolute atomic E-state index is 13.1. The number of hydrogen-bond acceptors (Lipinski definition) is 10. The van der Waals surface area contributed by atoms with E-state index in [1.807, 2.05) is 24.3 Å². The minimum atomic E-state index is -3.12. The first-order valence-electron chi connectivity index (χ1n) is 19.2. The lowest BCUT2D eigenvalue weighted by Gasteiger charge is -2.37. The largest absolute Gasteiger partial charge is 0.491 e. The van der Waals surface area contributed by atoms with E-state index in [0.29, 0.717) is 39.1 Å². The molecule has 0 amide bonds. The number of nitrogens with zero attached hydrogens (tertiary/aromatic N) is 8. The first-order chi connectivity index (χ1) is 26.9. The molecule has 3 atom stereocenters. The van der Waals surface area contributed by atoms with Crippen LogP contribution in [0, 0.1) is 0 Å². The highest BCUT2D eigenvalue weighted by Crippen LogP contribution is 2.40. The molecule has 4 heterocycles. The number of Topliss-reactive ketones (excluding diaryl/α,β-unsaturated/α-hetero) is 1. The lowest BCUT2D eigenvalue weighted by molar-refractivity contribution is -0.190. The monoisotopic (exact) mass is 725 g/mol. The Morgan fingerprint density at radius 2 is 1.70 bits per heavy atom. The molecule has 0 spiro atoms. The number of carbonyl (C=O) groups excluding carboxylic acids is 1. The minimum Gasteiger partial charge on any atom is -0.491 e. The second-order valence-electron chi connectivity index (χ2n) is 11.7. The summed E-state index contributed by atoms with van der Waals surface area (Å²) in [6.45, 7) is 0.941. The molecule has 0 radical (unpaired) electrons. The molecule has 2 aliphatic heterocycles. The van der Waals surface area contributed by atoms with Crippen molar-refractivity contribution >= 4 is 40.4 Å². The van der Waals surface area contributed by atoms with E-state index in [2.05, 4.69) is 25.0 Å². The Kier molecular flexibility index (Phi) is 7.47. The Morgan fingerprint density at radius 1 is 1.02 bits per heavy atom. The summed E-state index contributed by atoms with van der Waals surface area (Å²) >= 11 is 12.7. The molecular weight excluding hydrogens is 683 g/mol. The van der Waals surface area contributed by atoms with Gasteiger partial charge in [-0.15, -0.1) is 0 Å². The average molecular weight is 727 g/mol. The van der Waals surface area contributed by atoms with Crippen LogP contribution in [-0.2, 0) is 26.6 Å². The third kappa shape index (κ3) is 6.99. The highest BCUT2D eigenvalue weighted by Gasteiger charge is 2.45. The predicted molar refractivity (Wildman–Crippen MR) is 189 cm³/mol. The number of benzene rings is 3. The van der Waals surface area contributed by atoms with E-state index >= 15 is 0 Å². The van der Waals surface area contributed by atoms with Crippen LogP contribution in [0.5, 0.6) is 5.75 Å². The van der Waals surface area contributed by atoms with Gasteiger partial charge in [-0.05, 0) is 74.4 Å². The van der Waals surface area contributed by atoms with Gasteiger partial charge in [-0.2, -0.15) is 10.2 Å². The fourth-order valence-electron chi connectivity index (χ4n) is 5.93. The Bertz CT molecular complexity index is 2330. The van der Waals surface area contributed by atoms with Gasteiger partial charge in [-0.25, -0.2) is 23.7 Å². The molecule has 0 bridgehead atoms. The van der Waals surface area contributed by atoms with Crippen LogP contribution in [0.15, 0.2) is 90.4 Å². The molecule has 0 saturated carbocycles. The predicted octanol–water partition coefficient (Wildman–Crippen LogP) is 4.76. The molecule has 5 aromatic rings. The zero-order valence-electron chi connectivity index (χ0n) is 33.8. The van der Waals surface area contributed by atoms with Crippen LogP contribution in [-0.4, -0.2) is 80.4 Å². The van der Waals surface area contributed by atoms with Gasteiger partial charge in [0.1, 0.15) is 54.0 Å². The number of carbonyl (C=O) groups is 1. The summed E-state index contributed by atoms with van der Waals surface area (Å²) < 4.78 is 75.7. The van der Waals surface area contributed by atoms with Crippen molar-refractivity contribution in [2.45, 2.75) is 38.2 Å². The van der Waals surface area contributed by atoms with Gasteiger partial charge in [0.05, 0.1) is 18.7 Å². The van der Waals surface area contributed by atoms with Gasteiger partial charge in [0.25, 0.3) is 0 Å². The fourth-order valence-corrected chi connectivity index (χ4v) is 6.48. The molecule has 50 heavy (non-hydrogen) atoms. The topological polar surface area (TPSA) is 122 Å². The molecule has 7 rings (SSSR count). The van der Waals surface area contributed by atoms with E-state index in [-0.39, 0.29) is 38.1 Å². The molecule has 15 heteroatoms. The van der Waals surface area contributed by atoms with Gasteiger partial charge in [-0.1, -0.05) is 29.3 Å². The Hall–Kier alpha value is -4.69. The summed E-state index contributed by atoms with van der Waals surface area (Å²) in [5.74, 6) is -2.28. The van der Waals surface area contributed by atoms with Gasteiger partial charge in [-0.3, -0.25) is 4.79 Å². The summed E-state index contributed by atoms with van der Waals surface area (Å²) in [5.41, 5.74) is 1.71. The lowest BCUT2D eigenvalue weighted by atomic mass is 10.1. The second kappa shape index (κ2) is 14.3. The lowest BCUT2D eigenvalue weighted by Crippen LogP contribution is -2.46. The van der Waals surface area contributed by atoms with Crippen LogP contribution in [0.1, 0.15) is 35.0 Å². The van der Waals surface area contributed by atoms with E-state index in [4.69, 9.17) is 47.0 Å². The summed E-state index contributed by atoms with van der Waals surface area (Å²) in [5, 5.41) is 8.46. The average Bonchev–Trinajstić information content (AvgIpc) is 3.83. The number of ketones is 1. The minimum absolute atomic E-state index is 0.0715. The van der Waals surface area contributed by atoms with Crippen LogP contribution in [0.25, 0.3) is 5.69 Å². The van der Waals surface area contributed by atoms with Crippen molar-refractivity contribution in [2.24, 2.45) is 0 Å². The first kappa shape index (κ1) is 26.2. The number of hydrogen-bond donors (Lipinski definition) is 0. The number of halogens is 2. The van der Waals surface area contributed by atoms with E-state index in [9.17, 15) is 9.59 Å². The molecule has 2 saturated heterocycles. The standard InChI is InChI=1S/C35H36Cl2N8O5/c1-24(25(2)46)45-34(47)44(23-40-45)29-6-4-27(5-7-29)41-13-15-42(16-14-41)28-8-10-30(11-9-28)48-18-31-19-49-35(50-31,20-43-22-38-21-39-43)32-12-3-26(36)17-33(32)37/h3-12,17,21-24,31H,13-16,18-20H2,1-2H3/t24?,31-,35-/m0/s1/i2D3,21D,22D,23D,24D. The van der Waals surface area contributed by atoms with Crippen LogP contribution in [0.2, 0.25) is 10.0 Å². The third-order valence-corrected chi connectivity index (χ3v) is 9.14. The van der Waals surface area contributed by atoms with Gasteiger partial charge in [0, 0.05) is 52.3 Å². The van der Waals surface area contributed by atoms with E-state index in [0.717, 1.165) is 36.0 Å². The molecule has 0 aliphatic carbocycles. The normalized spacial score (nSPS) is 22.8. The van der Waals surface area contributed by atoms with Crippen molar-refractivity contribution in [2.75, 3.05) is 49.2 Å². The molecular formula is C35H36Cl2N8O5. The zero-order valence-corrected chi connectivity index (χ0v) is 28.3. The Labute approximate surface area is 308 Å². The van der Waals surface area contributed by atoms with Crippen molar-refractivity contribution in [1.82, 2.24) is 29.1 Å². The molecule has 13 nitrogen and oxygen atoms in total. The number of rotatable bonds is 11. The molecule has 2 aromatic heterocycles. The summed E-state index contributed by atoms with van der Waals surface area (Å²) in [6.07, 6.45) is -1.56. The van der Waals surface area contributed by atoms with E-state index in [1.54, 1.807) is 42.5 Å². The number of aromatic nitrogens is 6. The molecule has 2 fully saturated rings. The van der Waals surface area contributed by atoms with Gasteiger partial charge in [0.15, 0.2) is 5.78 Å². The Morgan fingerprint density at radius 3 is 2.34 bits per heavy atom. The van der Waals surface area contributed by atoms with Crippen LogP contribution >= 0.6 is 23.2 Å². The highest BCUT2D eigenvalue weighted by molar-refractivity contribution is 6.35. The van der Waals surface area contributed by atoms with Crippen LogP contribution < -0.4 is 20.2 Å². The highest BCUT2D eigenvalue weighted by atomic mass is 35.5. The second-order valence-corrected chi connectivity index (χ2v) is 12.6. The van der Waals surface area contributed by atoms with E-state index < -0.39 is 42.5 Å².